The van der Waals surface area contributed by atoms with Crippen LogP contribution < -0.4 is 0 Å². The Balaban J connectivity index is 1.95. The number of benzene rings is 1. The zero-order chi connectivity index (χ0) is 15.1. The minimum Gasteiger partial charge on any atom is -0.395 e. The number of carbonyl (C=O) groups is 1. The number of nitrogens with zero attached hydrogens (tertiary/aromatic N) is 2. The normalized spacial score (nSPS) is 16.8. The van der Waals surface area contributed by atoms with Crippen LogP contribution in [0.4, 0.5) is 0 Å². The Kier molecular flexibility index (Phi) is 6.54. The van der Waals surface area contributed by atoms with Gasteiger partial charge in [-0.05, 0) is 36.9 Å². The van der Waals surface area contributed by atoms with Crippen molar-refractivity contribution < 1.29 is 9.90 Å². The van der Waals surface area contributed by atoms with Crippen molar-refractivity contribution in [2.24, 2.45) is 0 Å². The molecule has 0 unspecified atom stereocenters. The summed E-state index contributed by atoms with van der Waals surface area (Å²) in [6, 6.07) is 7.95. The summed E-state index contributed by atoms with van der Waals surface area (Å²) in [5.74, 6) is 1.10. The number of carbonyl (C=O) groups excluding carboxylic acids is 1. The maximum Gasteiger partial charge on any atom is 0.253 e. The van der Waals surface area contributed by atoms with Gasteiger partial charge in [0.15, 0.2) is 0 Å². The predicted molar refractivity (Wildman–Crippen MR) is 87.7 cm³/mol. The highest BCUT2D eigenvalue weighted by Gasteiger charge is 2.19. The van der Waals surface area contributed by atoms with Gasteiger partial charge in [-0.1, -0.05) is 12.1 Å². The van der Waals surface area contributed by atoms with Gasteiger partial charge in [0.25, 0.3) is 5.91 Å². The molecule has 21 heavy (non-hydrogen) atoms. The number of β-amino-alcohol motifs (C(OH)–C–C–N with tert-alkyl or cyclic N) is 1. The molecule has 5 heteroatoms. The van der Waals surface area contributed by atoms with Crippen molar-refractivity contribution in [3.63, 3.8) is 0 Å². The number of aliphatic hydroxyl groups excluding tert-OH is 1. The fraction of sp³-hybridized carbons (Fsp3) is 0.562. The Bertz CT molecular complexity index is 450. The van der Waals surface area contributed by atoms with Crippen LogP contribution in [0.25, 0.3) is 0 Å². The summed E-state index contributed by atoms with van der Waals surface area (Å²) in [6.07, 6.45) is 3.05. The van der Waals surface area contributed by atoms with Crippen LogP contribution in [-0.4, -0.2) is 66.4 Å². The minimum absolute atomic E-state index is 0.122. The van der Waals surface area contributed by atoms with Crippen molar-refractivity contribution in [1.82, 2.24) is 9.80 Å². The van der Waals surface area contributed by atoms with E-state index in [0.717, 1.165) is 43.9 Å². The van der Waals surface area contributed by atoms with Crippen LogP contribution in [0.15, 0.2) is 24.3 Å². The SMILES string of the molecule is CSCc1ccc(C(=O)N2CCCN(CCO)CC2)cc1. The first-order valence-electron chi connectivity index (χ1n) is 7.45. The number of hydrogen-bond acceptors (Lipinski definition) is 4. The lowest BCUT2D eigenvalue weighted by Gasteiger charge is -2.21. The number of hydrogen-bond donors (Lipinski definition) is 1. The minimum atomic E-state index is 0.122. The molecule has 1 amide bonds. The van der Waals surface area contributed by atoms with Crippen LogP contribution in [0.5, 0.6) is 0 Å². The van der Waals surface area contributed by atoms with Crippen LogP contribution in [-0.2, 0) is 5.75 Å². The molecule has 0 aliphatic carbocycles. The van der Waals surface area contributed by atoms with Crippen molar-refractivity contribution in [2.75, 3.05) is 45.6 Å². The van der Waals surface area contributed by atoms with Crippen LogP contribution in [0.1, 0.15) is 22.3 Å². The van der Waals surface area contributed by atoms with Gasteiger partial charge in [0.1, 0.15) is 0 Å². The molecule has 1 heterocycles. The molecule has 1 aliphatic rings. The maximum absolute atomic E-state index is 12.5. The second kappa shape index (κ2) is 8.41. The molecule has 0 aromatic heterocycles. The van der Waals surface area contributed by atoms with Crippen LogP contribution >= 0.6 is 11.8 Å². The van der Waals surface area contributed by atoms with Gasteiger partial charge in [-0.15, -0.1) is 0 Å². The first-order valence-corrected chi connectivity index (χ1v) is 8.84. The van der Waals surface area contributed by atoms with E-state index in [9.17, 15) is 4.79 Å². The summed E-state index contributed by atoms with van der Waals surface area (Å²) >= 11 is 1.78. The van der Waals surface area contributed by atoms with E-state index in [4.69, 9.17) is 5.11 Å². The van der Waals surface area contributed by atoms with Gasteiger partial charge in [-0.3, -0.25) is 9.69 Å². The lowest BCUT2D eigenvalue weighted by Crippen LogP contribution is -2.35. The molecule has 4 nitrogen and oxygen atoms in total. The molecule has 0 atom stereocenters. The fourth-order valence-electron chi connectivity index (χ4n) is 2.63. The van der Waals surface area contributed by atoms with Crippen molar-refractivity contribution in [1.29, 1.82) is 0 Å². The third kappa shape index (κ3) is 4.73. The molecule has 1 aliphatic heterocycles. The number of rotatable bonds is 5. The first kappa shape index (κ1) is 16.3. The molecule has 0 spiro atoms. The number of amides is 1. The molecule has 0 radical (unpaired) electrons. The zero-order valence-corrected chi connectivity index (χ0v) is 13.4. The van der Waals surface area contributed by atoms with Gasteiger partial charge in [0, 0.05) is 37.5 Å². The van der Waals surface area contributed by atoms with E-state index in [0.29, 0.717) is 6.54 Å². The predicted octanol–water partition coefficient (Wildman–Crippen LogP) is 1.69. The van der Waals surface area contributed by atoms with Crippen LogP contribution in [0.2, 0.25) is 0 Å². The average Bonchev–Trinajstić information content (AvgIpc) is 2.74. The van der Waals surface area contributed by atoms with Gasteiger partial charge < -0.3 is 10.0 Å². The van der Waals surface area contributed by atoms with Crippen LogP contribution in [0, 0.1) is 0 Å². The molecular formula is C16H24N2O2S. The molecule has 0 saturated carbocycles. The van der Waals surface area contributed by atoms with E-state index in [1.165, 1.54) is 5.56 Å². The third-order valence-electron chi connectivity index (χ3n) is 3.80. The summed E-state index contributed by atoms with van der Waals surface area (Å²) in [7, 11) is 0. The summed E-state index contributed by atoms with van der Waals surface area (Å²) in [4.78, 5) is 16.7. The second-order valence-electron chi connectivity index (χ2n) is 5.34. The van der Waals surface area contributed by atoms with E-state index in [2.05, 4.69) is 11.2 Å². The molecule has 2 rings (SSSR count). The van der Waals surface area contributed by atoms with Crippen molar-refractivity contribution >= 4 is 17.7 Å². The third-order valence-corrected chi connectivity index (χ3v) is 4.43. The number of thioether (sulfide) groups is 1. The average molecular weight is 308 g/mol. The highest BCUT2D eigenvalue weighted by molar-refractivity contribution is 7.97. The molecule has 1 aromatic rings. The van der Waals surface area contributed by atoms with E-state index in [1.54, 1.807) is 11.8 Å². The van der Waals surface area contributed by atoms with Crippen molar-refractivity contribution in [3.05, 3.63) is 35.4 Å². The Labute approximate surface area is 131 Å². The molecular weight excluding hydrogens is 284 g/mol. The Morgan fingerprint density at radius 3 is 2.62 bits per heavy atom. The molecule has 1 aromatic carbocycles. The Morgan fingerprint density at radius 2 is 1.95 bits per heavy atom. The van der Waals surface area contributed by atoms with E-state index >= 15 is 0 Å². The summed E-state index contributed by atoms with van der Waals surface area (Å²) in [5.41, 5.74) is 2.03. The largest absolute Gasteiger partial charge is 0.395 e. The van der Waals surface area contributed by atoms with Crippen molar-refractivity contribution in [3.8, 4) is 0 Å². The molecule has 1 N–H and O–H groups in total. The van der Waals surface area contributed by atoms with Gasteiger partial charge in [-0.25, -0.2) is 0 Å². The topological polar surface area (TPSA) is 43.8 Å². The fourth-order valence-corrected chi connectivity index (χ4v) is 3.16. The van der Waals surface area contributed by atoms with E-state index in [1.807, 2.05) is 29.2 Å². The highest BCUT2D eigenvalue weighted by atomic mass is 32.2. The van der Waals surface area contributed by atoms with Gasteiger partial charge >= 0.3 is 0 Å². The number of aliphatic hydroxyl groups is 1. The first-order chi connectivity index (χ1) is 10.2. The highest BCUT2D eigenvalue weighted by Crippen LogP contribution is 2.13. The summed E-state index contributed by atoms with van der Waals surface area (Å²) < 4.78 is 0. The molecule has 1 saturated heterocycles. The molecule has 1 fully saturated rings. The van der Waals surface area contributed by atoms with Crippen molar-refractivity contribution in [2.45, 2.75) is 12.2 Å². The van der Waals surface area contributed by atoms with E-state index in [-0.39, 0.29) is 12.5 Å². The van der Waals surface area contributed by atoms with E-state index < -0.39 is 0 Å². The van der Waals surface area contributed by atoms with Gasteiger partial charge in [0.05, 0.1) is 6.61 Å². The lowest BCUT2D eigenvalue weighted by molar-refractivity contribution is 0.0760. The zero-order valence-electron chi connectivity index (χ0n) is 12.6. The summed E-state index contributed by atoms with van der Waals surface area (Å²) in [6.45, 7) is 4.23. The smallest absolute Gasteiger partial charge is 0.253 e. The lowest BCUT2D eigenvalue weighted by atomic mass is 10.1. The standard InChI is InChI=1S/C16H24N2O2S/c1-21-13-14-3-5-15(6-4-14)16(20)18-8-2-7-17(9-10-18)11-12-19/h3-6,19H,2,7-13H2,1H3. The van der Waals surface area contributed by atoms with Crippen LogP contribution in [0.3, 0.4) is 0 Å². The molecule has 116 valence electrons. The Morgan fingerprint density at radius 1 is 1.19 bits per heavy atom. The summed E-state index contributed by atoms with van der Waals surface area (Å²) in [5, 5.41) is 9.01. The molecule has 0 bridgehead atoms. The quantitative estimate of drug-likeness (QED) is 0.899. The van der Waals surface area contributed by atoms with Gasteiger partial charge in [0.2, 0.25) is 0 Å². The Hall–Kier alpha value is -1.04. The maximum atomic E-state index is 12.5. The van der Waals surface area contributed by atoms with Gasteiger partial charge in [-0.2, -0.15) is 11.8 Å². The second-order valence-corrected chi connectivity index (χ2v) is 6.21. The monoisotopic (exact) mass is 308 g/mol.